The van der Waals surface area contributed by atoms with Crippen LogP contribution in [0.5, 0.6) is 11.5 Å². The summed E-state index contributed by atoms with van der Waals surface area (Å²) in [6.07, 6.45) is 0. The lowest BCUT2D eigenvalue weighted by Gasteiger charge is -2.46. The number of anilines is 9. The number of benzene rings is 18. The Balaban J connectivity index is 0.811. The first-order chi connectivity index (χ1) is 64.1. The first kappa shape index (κ1) is 64.0. The van der Waals surface area contributed by atoms with E-state index >= 15 is 0 Å². The van der Waals surface area contributed by atoms with Crippen molar-refractivity contribution in [3.05, 3.63) is 434 Å². The maximum Gasteiger partial charge on any atom is 0.256 e. The van der Waals surface area contributed by atoms with Crippen molar-refractivity contribution in [3.63, 3.8) is 0 Å². The van der Waals surface area contributed by atoms with Gasteiger partial charge in [0.05, 0.1) is 44.5 Å². The maximum absolute atomic E-state index is 10.1. The molecular formula is C117H84B2N4O. The van der Waals surface area contributed by atoms with E-state index in [1.54, 1.807) is 4.57 Å². The Bertz CT molecular complexity index is 7950. The highest BCUT2D eigenvalue weighted by atomic mass is 16.5. The highest BCUT2D eigenvalue weighted by Crippen LogP contribution is 2.66. The fraction of sp³-hybridized carbons (Fsp3) is 0.0769. The zero-order valence-electron chi connectivity index (χ0n) is 77.3. The Morgan fingerprint density at radius 1 is 0.282 bits per heavy atom. The average Bonchev–Trinajstić information content (AvgIpc) is 1.39. The minimum absolute atomic E-state index is 0.0138. The standard InChI is InChI=1S/C117H84B2N4O/c1-115(2,3)78-65-89(73-37-12-7-13-38-73)113(90(66-78)74-39-14-8-15-40-74)122-103-62-35-31-58-97(103)119-99-71-98-104(72-108(99)124-109-64-77(63-105(122)112(109)119)82-52-36-53-88-85-49-24-29-56-95(85)117(110(82)88)93-54-27-22-47-83(93)84-48-23-28-55-94(84)117)120(80-45-20-11-21-46-80)106-69-81(121-100-59-32-25-50-86(100)87-51-26-33-60-101(87)121)70-107-111(106)118(98)96-57-30-34-61-102(96)123(107)114-91(75-41-16-9-17-42-75)67-79(116(4,5)6)68-92(114)76-43-18-10-19-44-76/h7-72H,1-6H3/i25D,26D,32D,33D,50D,51D,59D,60D. The molecule has 0 saturated carbocycles. The number of hydrogen-bond acceptors (Lipinski definition) is 4. The molecule has 1 aromatic heterocycles. The zero-order valence-corrected chi connectivity index (χ0v) is 69.3. The summed E-state index contributed by atoms with van der Waals surface area (Å²) in [5.74, 6) is 1.36. The molecule has 5 nitrogen and oxygen atoms in total. The summed E-state index contributed by atoms with van der Waals surface area (Å²) in [7, 11) is 0. The smallest absolute Gasteiger partial charge is 0.256 e. The quantitative estimate of drug-likeness (QED) is 0.134. The lowest BCUT2D eigenvalue weighted by atomic mass is 9.30. The molecule has 0 unspecified atom stereocenters. The third kappa shape index (κ3) is 10.4. The molecule has 4 aliphatic heterocycles. The van der Waals surface area contributed by atoms with E-state index in [2.05, 4.69) is 402 Å². The fourth-order valence-electron chi connectivity index (χ4n) is 21.8. The largest absolute Gasteiger partial charge is 0.458 e. The Hall–Kier alpha value is -14.9. The van der Waals surface area contributed by atoms with Gasteiger partial charge in [0.1, 0.15) is 11.5 Å². The van der Waals surface area contributed by atoms with Gasteiger partial charge in [0, 0.05) is 78.9 Å². The second kappa shape index (κ2) is 27.0. The van der Waals surface area contributed by atoms with Gasteiger partial charge in [-0.05, 0) is 218 Å². The molecule has 7 heteroatoms. The first-order valence-electron chi connectivity index (χ1n) is 47.0. The molecular weight excluding hydrogens is 1500 g/mol. The van der Waals surface area contributed by atoms with Crippen molar-refractivity contribution in [2.24, 2.45) is 0 Å². The Morgan fingerprint density at radius 2 is 0.677 bits per heavy atom. The lowest BCUT2D eigenvalue weighted by molar-refractivity contribution is 0.488. The lowest BCUT2D eigenvalue weighted by Crippen LogP contribution is -2.64. The number of para-hydroxylation sites is 5. The molecule has 0 N–H and O–H groups in total. The SMILES string of the molecule is [2H]c1c([2H])c([2H])c2c(c1[2H])c1c([2H])c([2H])c([2H])c([2H])c1n2-c1cc2c3c(c1)N(c1c(-c4ccccc4)cc(C(C)(C)C)cc1-c1ccccc1)c1ccccc1B3c1cc3c(cc1N2c1ccccc1)Oc1cc(-c2cccc4c2C2(c5ccccc5-c5ccccc52)c2ccccc2-4)cc2c1B3c1ccccc1N2c1c(-c2ccccc2)cc(C(C)(C)C)cc1-c1ccccc1. The van der Waals surface area contributed by atoms with E-state index in [0.29, 0.717) is 17.2 Å². The molecule has 1 spiro atoms. The van der Waals surface area contributed by atoms with E-state index in [9.17, 15) is 11.0 Å². The number of aromatic nitrogens is 1. The monoisotopic (exact) mass is 1590 g/mol. The molecule has 0 fully saturated rings. The number of nitrogens with zero attached hydrogens (tertiary/aromatic N) is 4. The molecule has 6 aliphatic rings. The van der Waals surface area contributed by atoms with Crippen molar-refractivity contribution in [1.29, 1.82) is 0 Å². The van der Waals surface area contributed by atoms with Gasteiger partial charge in [0.25, 0.3) is 13.4 Å². The summed E-state index contributed by atoms with van der Waals surface area (Å²) in [6, 6.07) is 125. The van der Waals surface area contributed by atoms with Crippen LogP contribution in [0, 0.1) is 0 Å². The van der Waals surface area contributed by atoms with Crippen molar-refractivity contribution in [1.82, 2.24) is 4.57 Å². The van der Waals surface area contributed by atoms with Crippen LogP contribution in [0.2, 0.25) is 0 Å². The minimum Gasteiger partial charge on any atom is -0.458 e. The van der Waals surface area contributed by atoms with Crippen LogP contribution in [-0.2, 0) is 16.2 Å². The molecule has 19 aromatic rings. The van der Waals surface area contributed by atoms with E-state index in [4.69, 9.17) is 4.74 Å². The van der Waals surface area contributed by atoms with E-state index in [0.717, 1.165) is 145 Å². The average molecular weight is 1590 g/mol. The molecule has 124 heavy (non-hydrogen) atoms. The number of rotatable bonds is 9. The van der Waals surface area contributed by atoms with Gasteiger partial charge in [-0.3, -0.25) is 0 Å². The van der Waals surface area contributed by atoms with Crippen molar-refractivity contribution in [3.8, 4) is 95.1 Å². The van der Waals surface area contributed by atoms with Gasteiger partial charge in [-0.15, -0.1) is 0 Å². The van der Waals surface area contributed by atoms with E-state index in [-0.39, 0.29) is 32.6 Å². The van der Waals surface area contributed by atoms with Gasteiger partial charge in [-0.25, -0.2) is 0 Å². The zero-order chi connectivity index (χ0) is 89.6. The molecule has 584 valence electrons. The summed E-state index contributed by atoms with van der Waals surface area (Å²) in [4.78, 5) is 7.33. The Kier molecular flexibility index (Phi) is 14.0. The van der Waals surface area contributed by atoms with Gasteiger partial charge in [-0.2, -0.15) is 0 Å². The van der Waals surface area contributed by atoms with Crippen LogP contribution >= 0.6 is 0 Å². The number of hydrogen-bond donors (Lipinski definition) is 0. The molecule has 2 aliphatic carbocycles. The van der Waals surface area contributed by atoms with Crippen LogP contribution in [0.1, 0.15) is 85.9 Å². The fourth-order valence-corrected chi connectivity index (χ4v) is 21.8. The molecule has 0 bridgehead atoms. The molecule has 18 aromatic carbocycles. The van der Waals surface area contributed by atoms with E-state index in [1.165, 1.54) is 50.1 Å². The molecule has 25 rings (SSSR count). The number of fused-ring (bicyclic) bond motifs is 21. The van der Waals surface area contributed by atoms with E-state index in [1.807, 2.05) is 6.07 Å². The van der Waals surface area contributed by atoms with Crippen molar-refractivity contribution >= 4 is 119 Å². The molecule has 5 heterocycles. The van der Waals surface area contributed by atoms with Gasteiger partial charge in [0.2, 0.25) is 0 Å². The van der Waals surface area contributed by atoms with Gasteiger partial charge in [0.15, 0.2) is 0 Å². The Labute approximate surface area is 736 Å². The second-order valence-electron chi connectivity index (χ2n) is 35.9. The van der Waals surface area contributed by atoms with Gasteiger partial charge < -0.3 is 24.0 Å². The van der Waals surface area contributed by atoms with Gasteiger partial charge in [-0.1, -0.05) is 351 Å². The van der Waals surface area contributed by atoms with Crippen LogP contribution in [0.4, 0.5) is 51.2 Å². The topological polar surface area (TPSA) is 23.9 Å². The maximum atomic E-state index is 10.1. The third-order valence-electron chi connectivity index (χ3n) is 27.1. The Morgan fingerprint density at radius 3 is 1.16 bits per heavy atom. The predicted molar refractivity (Wildman–Crippen MR) is 522 cm³/mol. The van der Waals surface area contributed by atoms with Crippen molar-refractivity contribution in [2.75, 3.05) is 14.7 Å². The van der Waals surface area contributed by atoms with Crippen LogP contribution in [0.15, 0.2) is 400 Å². The molecule has 0 saturated heterocycles. The second-order valence-corrected chi connectivity index (χ2v) is 35.9. The highest BCUT2D eigenvalue weighted by Gasteiger charge is 2.54. The summed E-state index contributed by atoms with van der Waals surface area (Å²) < 4.78 is 87.5. The van der Waals surface area contributed by atoms with Crippen molar-refractivity contribution in [2.45, 2.75) is 57.8 Å². The summed E-state index contributed by atoms with van der Waals surface area (Å²) >= 11 is 0. The van der Waals surface area contributed by atoms with Crippen LogP contribution < -0.4 is 52.2 Å². The highest BCUT2D eigenvalue weighted by molar-refractivity contribution is 7.02. The van der Waals surface area contributed by atoms with Crippen LogP contribution in [0.3, 0.4) is 0 Å². The predicted octanol–water partition coefficient (Wildman–Crippen LogP) is 26.5. The summed E-state index contributed by atoms with van der Waals surface area (Å²) in [5, 5.41) is -0.0275. The summed E-state index contributed by atoms with van der Waals surface area (Å²) in [6.45, 7) is 12.7. The van der Waals surface area contributed by atoms with E-state index < -0.39 is 67.2 Å². The number of ether oxygens (including phenoxy) is 1. The van der Waals surface area contributed by atoms with Gasteiger partial charge >= 0.3 is 0 Å². The first-order valence-corrected chi connectivity index (χ1v) is 43.0. The normalized spacial score (nSPS) is 14.7. The van der Waals surface area contributed by atoms with Crippen LogP contribution in [-0.4, -0.2) is 18.0 Å². The third-order valence-corrected chi connectivity index (χ3v) is 27.1. The molecule has 0 radical (unpaired) electrons. The molecule has 0 atom stereocenters. The summed E-state index contributed by atoms with van der Waals surface area (Å²) in [5.41, 5.74) is 35.4. The van der Waals surface area contributed by atoms with Crippen LogP contribution in [0.25, 0.3) is 105 Å². The van der Waals surface area contributed by atoms with Crippen molar-refractivity contribution < 1.29 is 15.7 Å². The molecule has 0 amide bonds. The minimum atomic E-state index is -0.722.